The summed E-state index contributed by atoms with van der Waals surface area (Å²) < 4.78 is 28.5. The van der Waals surface area contributed by atoms with Crippen molar-refractivity contribution in [2.24, 2.45) is 5.73 Å². The van der Waals surface area contributed by atoms with E-state index in [4.69, 9.17) is 5.73 Å². The van der Waals surface area contributed by atoms with Crippen molar-refractivity contribution in [3.63, 3.8) is 0 Å². The van der Waals surface area contributed by atoms with E-state index >= 15 is 0 Å². The molecule has 0 saturated heterocycles. The van der Waals surface area contributed by atoms with Gasteiger partial charge in [-0.2, -0.15) is 0 Å². The SMILES string of the molecule is Cc1cc(Br)ccc1NS(=O)(=O)c1ccc(CCN)s1. The molecule has 108 valence electrons. The molecule has 0 radical (unpaired) electrons. The predicted molar refractivity (Wildman–Crippen MR) is 86.8 cm³/mol. The fraction of sp³-hybridized carbons (Fsp3) is 0.231. The van der Waals surface area contributed by atoms with Crippen molar-refractivity contribution in [2.75, 3.05) is 11.3 Å². The molecule has 0 bridgehead atoms. The molecule has 20 heavy (non-hydrogen) atoms. The van der Waals surface area contributed by atoms with E-state index in [1.807, 2.05) is 13.0 Å². The third-order valence-electron chi connectivity index (χ3n) is 2.73. The molecule has 2 aromatic rings. The Morgan fingerprint density at radius 2 is 2.05 bits per heavy atom. The van der Waals surface area contributed by atoms with Crippen LogP contribution in [0.1, 0.15) is 10.4 Å². The van der Waals surface area contributed by atoms with E-state index in [9.17, 15) is 8.42 Å². The number of anilines is 1. The molecule has 0 saturated carbocycles. The minimum atomic E-state index is -3.53. The molecule has 7 heteroatoms. The summed E-state index contributed by atoms with van der Waals surface area (Å²) in [5.74, 6) is 0. The second-order valence-electron chi connectivity index (χ2n) is 4.32. The summed E-state index contributed by atoms with van der Waals surface area (Å²) in [7, 11) is -3.53. The first-order valence-electron chi connectivity index (χ1n) is 6.00. The van der Waals surface area contributed by atoms with Crippen LogP contribution in [0.5, 0.6) is 0 Å². The van der Waals surface area contributed by atoms with Crippen molar-refractivity contribution >= 4 is 43.0 Å². The lowest BCUT2D eigenvalue weighted by atomic mass is 10.2. The third-order valence-corrected chi connectivity index (χ3v) is 6.22. The number of halogens is 1. The summed E-state index contributed by atoms with van der Waals surface area (Å²) in [6.07, 6.45) is 0.692. The highest BCUT2D eigenvalue weighted by Crippen LogP contribution is 2.26. The first-order valence-corrected chi connectivity index (χ1v) is 9.09. The standard InChI is InChI=1S/C13H15BrN2O2S2/c1-9-8-10(14)2-4-12(9)16-20(17,18)13-5-3-11(19-13)6-7-15/h2-5,8,16H,6-7,15H2,1H3. The number of thiophene rings is 1. The number of hydrogen-bond donors (Lipinski definition) is 2. The molecule has 0 unspecified atom stereocenters. The predicted octanol–water partition coefficient (Wildman–Crippen LogP) is 3.12. The number of nitrogens with two attached hydrogens (primary N) is 1. The molecule has 2 rings (SSSR count). The molecule has 0 aliphatic carbocycles. The quantitative estimate of drug-likeness (QED) is 0.844. The Morgan fingerprint density at radius 1 is 1.30 bits per heavy atom. The van der Waals surface area contributed by atoms with Crippen molar-refractivity contribution in [1.29, 1.82) is 0 Å². The van der Waals surface area contributed by atoms with Crippen molar-refractivity contribution < 1.29 is 8.42 Å². The summed E-state index contributed by atoms with van der Waals surface area (Å²) in [6.45, 7) is 2.37. The largest absolute Gasteiger partial charge is 0.330 e. The summed E-state index contributed by atoms with van der Waals surface area (Å²) in [5, 5.41) is 0. The maximum absolute atomic E-state index is 12.3. The Labute approximate surface area is 131 Å². The number of aryl methyl sites for hydroxylation is 1. The molecule has 1 aromatic heterocycles. The topological polar surface area (TPSA) is 72.2 Å². The first kappa shape index (κ1) is 15.5. The van der Waals surface area contributed by atoms with Gasteiger partial charge in [0.25, 0.3) is 10.0 Å². The van der Waals surface area contributed by atoms with E-state index in [2.05, 4.69) is 20.7 Å². The monoisotopic (exact) mass is 374 g/mol. The molecule has 1 aromatic carbocycles. The van der Waals surface area contributed by atoms with Crippen LogP contribution in [-0.4, -0.2) is 15.0 Å². The fourth-order valence-electron chi connectivity index (χ4n) is 1.72. The number of benzene rings is 1. The Balaban J connectivity index is 2.26. The van der Waals surface area contributed by atoms with Gasteiger partial charge in [-0.15, -0.1) is 11.3 Å². The van der Waals surface area contributed by atoms with E-state index < -0.39 is 10.0 Å². The maximum Gasteiger partial charge on any atom is 0.271 e. The summed E-state index contributed by atoms with van der Waals surface area (Å²) in [6, 6.07) is 8.84. The molecule has 0 aliphatic rings. The van der Waals surface area contributed by atoms with Crippen LogP contribution in [0, 0.1) is 6.92 Å². The normalized spacial score (nSPS) is 11.6. The fourth-order valence-corrected chi connectivity index (χ4v) is 4.69. The molecule has 0 spiro atoms. The molecule has 3 N–H and O–H groups in total. The van der Waals surface area contributed by atoms with Gasteiger partial charge in [0, 0.05) is 9.35 Å². The Hall–Kier alpha value is -0.890. The van der Waals surface area contributed by atoms with Crippen LogP contribution in [0.3, 0.4) is 0 Å². The minimum Gasteiger partial charge on any atom is -0.330 e. The second-order valence-corrected chi connectivity index (χ2v) is 8.32. The summed E-state index contributed by atoms with van der Waals surface area (Å²) in [5.41, 5.74) is 6.92. The van der Waals surface area contributed by atoms with E-state index in [1.165, 1.54) is 11.3 Å². The van der Waals surface area contributed by atoms with Gasteiger partial charge >= 0.3 is 0 Å². The molecule has 0 aliphatic heterocycles. The van der Waals surface area contributed by atoms with Crippen LogP contribution in [0.25, 0.3) is 0 Å². The highest BCUT2D eigenvalue weighted by Gasteiger charge is 2.17. The van der Waals surface area contributed by atoms with E-state index in [0.717, 1.165) is 14.9 Å². The zero-order chi connectivity index (χ0) is 14.8. The van der Waals surface area contributed by atoms with Gasteiger partial charge in [0.15, 0.2) is 0 Å². The average molecular weight is 375 g/mol. The maximum atomic E-state index is 12.3. The molecule has 0 atom stereocenters. The van der Waals surface area contributed by atoms with Crippen LogP contribution >= 0.6 is 27.3 Å². The highest BCUT2D eigenvalue weighted by molar-refractivity contribution is 9.10. The molecule has 4 nitrogen and oxygen atoms in total. The number of nitrogens with one attached hydrogen (secondary N) is 1. The highest BCUT2D eigenvalue weighted by atomic mass is 79.9. The van der Waals surface area contributed by atoms with Gasteiger partial charge in [0.1, 0.15) is 4.21 Å². The van der Waals surface area contributed by atoms with Crippen molar-refractivity contribution in [2.45, 2.75) is 17.6 Å². The molecular formula is C13H15BrN2O2S2. The van der Waals surface area contributed by atoms with Crippen LogP contribution in [0.4, 0.5) is 5.69 Å². The molecular weight excluding hydrogens is 360 g/mol. The third kappa shape index (κ3) is 3.60. The molecule has 0 fully saturated rings. The van der Waals surface area contributed by atoms with Crippen LogP contribution in [0.2, 0.25) is 0 Å². The van der Waals surface area contributed by atoms with E-state index in [-0.39, 0.29) is 0 Å². The smallest absolute Gasteiger partial charge is 0.271 e. The Morgan fingerprint density at radius 3 is 2.70 bits per heavy atom. The van der Waals surface area contributed by atoms with Gasteiger partial charge < -0.3 is 5.73 Å². The first-order chi connectivity index (χ1) is 9.42. The van der Waals surface area contributed by atoms with E-state index in [0.29, 0.717) is 22.9 Å². The van der Waals surface area contributed by atoms with Gasteiger partial charge in [-0.3, -0.25) is 4.72 Å². The van der Waals surface area contributed by atoms with Gasteiger partial charge in [-0.1, -0.05) is 15.9 Å². The lowest BCUT2D eigenvalue weighted by molar-refractivity contribution is 0.603. The lowest BCUT2D eigenvalue weighted by Crippen LogP contribution is -2.12. The average Bonchev–Trinajstić information content (AvgIpc) is 2.83. The molecule has 0 amide bonds. The zero-order valence-corrected chi connectivity index (χ0v) is 14.1. The van der Waals surface area contributed by atoms with E-state index in [1.54, 1.807) is 24.3 Å². The summed E-state index contributed by atoms with van der Waals surface area (Å²) in [4.78, 5) is 0.973. The molecule has 1 heterocycles. The minimum absolute atomic E-state index is 0.309. The van der Waals surface area contributed by atoms with Crippen LogP contribution in [0.15, 0.2) is 39.0 Å². The van der Waals surface area contributed by atoms with Gasteiger partial charge in [-0.25, -0.2) is 8.42 Å². The van der Waals surface area contributed by atoms with Crippen molar-refractivity contribution in [3.8, 4) is 0 Å². The van der Waals surface area contributed by atoms with Crippen molar-refractivity contribution in [1.82, 2.24) is 0 Å². The van der Waals surface area contributed by atoms with Crippen LogP contribution in [-0.2, 0) is 16.4 Å². The van der Waals surface area contributed by atoms with Crippen LogP contribution < -0.4 is 10.5 Å². The number of rotatable bonds is 5. The zero-order valence-electron chi connectivity index (χ0n) is 10.9. The Kier molecular flexibility index (Phi) is 4.85. The number of hydrogen-bond acceptors (Lipinski definition) is 4. The Bertz CT molecular complexity index is 711. The lowest BCUT2D eigenvalue weighted by Gasteiger charge is -2.09. The van der Waals surface area contributed by atoms with Gasteiger partial charge in [0.2, 0.25) is 0 Å². The van der Waals surface area contributed by atoms with Crippen molar-refractivity contribution in [3.05, 3.63) is 45.2 Å². The van der Waals surface area contributed by atoms with Gasteiger partial charge in [0.05, 0.1) is 5.69 Å². The van der Waals surface area contributed by atoms with Gasteiger partial charge in [-0.05, 0) is 55.8 Å². The number of sulfonamides is 1. The second kappa shape index (κ2) is 6.26. The summed E-state index contributed by atoms with van der Waals surface area (Å²) >= 11 is 4.61.